The number of nitrogens with zero attached hydrogens (tertiary/aromatic N) is 2. The van der Waals surface area contributed by atoms with Crippen LogP contribution in [0.15, 0.2) is 0 Å². The summed E-state index contributed by atoms with van der Waals surface area (Å²) in [5.41, 5.74) is 0. The monoisotopic (exact) mass is 268 g/mol. The van der Waals surface area contributed by atoms with Crippen LogP contribution in [-0.4, -0.2) is 66.8 Å². The van der Waals surface area contributed by atoms with E-state index < -0.39 is 18.5 Å². The molecule has 6 nitrogen and oxygen atoms in total. The zero-order valence-corrected chi connectivity index (χ0v) is 11.2. The smallest absolute Gasteiger partial charge is 0.323 e. The molecular formula is C13H20N2O4. The normalized spacial score (nSPS) is 13.7. The second-order valence-electron chi connectivity index (χ2n) is 4.68. The van der Waals surface area contributed by atoms with E-state index in [0.717, 1.165) is 11.5 Å². The van der Waals surface area contributed by atoms with Crippen LogP contribution >= 0.6 is 0 Å². The molecule has 1 aliphatic carbocycles. The number of hydrogen-bond acceptors (Lipinski definition) is 3. The van der Waals surface area contributed by atoms with E-state index in [-0.39, 0.29) is 6.54 Å². The van der Waals surface area contributed by atoms with Gasteiger partial charge in [0.05, 0.1) is 13.2 Å². The fraction of sp³-hybridized carbons (Fsp3) is 0.692. The number of carbonyl (C=O) groups excluding carboxylic acids is 1. The Labute approximate surface area is 113 Å². The minimum atomic E-state index is -1.08. The average molecular weight is 268 g/mol. The molecule has 19 heavy (non-hydrogen) atoms. The molecule has 1 N–H and O–H groups in total. The fourth-order valence-electron chi connectivity index (χ4n) is 1.54. The third-order valence-corrected chi connectivity index (χ3v) is 2.83. The number of carbonyl (C=O) groups is 2. The van der Waals surface area contributed by atoms with Crippen LogP contribution in [0.5, 0.6) is 0 Å². The van der Waals surface area contributed by atoms with E-state index in [1.54, 1.807) is 7.05 Å². The molecule has 0 spiro atoms. The Kier molecular flexibility index (Phi) is 6.16. The number of urea groups is 1. The van der Waals surface area contributed by atoms with Crippen molar-refractivity contribution in [2.45, 2.75) is 12.8 Å². The van der Waals surface area contributed by atoms with E-state index in [2.05, 4.69) is 5.92 Å². The molecule has 0 aromatic carbocycles. The van der Waals surface area contributed by atoms with Gasteiger partial charge in [-0.1, -0.05) is 5.92 Å². The van der Waals surface area contributed by atoms with Gasteiger partial charge < -0.3 is 19.6 Å². The van der Waals surface area contributed by atoms with Crippen molar-refractivity contribution in [1.29, 1.82) is 0 Å². The van der Waals surface area contributed by atoms with Crippen molar-refractivity contribution in [3.8, 4) is 12.3 Å². The van der Waals surface area contributed by atoms with E-state index >= 15 is 0 Å². The van der Waals surface area contributed by atoms with Gasteiger partial charge in [0, 0.05) is 20.2 Å². The van der Waals surface area contributed by atoms with Gasteiger partial charge in [-0.05, 0) is 18.8 Å². The predicted molar refractivity (Wildman–Crippen MR) is 69.6 cm³/mol. The highest BCUT2D eigenvalue weighted by molar-refractivity contribution is 5.80. The zero-order chi connectivity index (χ0) is 14.3. The minimum Gasteiger partial charge on any atom is -0.480 e. The number of carboxylic acids is 1. The van der Waals surface area contributed by atoms with Crippen LogP contribution in [0.25, 0.3) is 0 Å². The maximum Gasteiger partial charge on any atom is 0.323 e. The van der Waals surface area contributed by atoms with Crippen molar-refractivity contribution in [3.63, 3.8) is 0 Å². The van der Waals surface area contributed by atoms with Crippen LogP contribution in [0.1, 0.15) is 12.8 Å². The van der Waals surface area contributed by atoms with Crippen molar-refractivity contribution in [2.75, 3.05) is 39.9 Å². The molecule has 2 amide bonds. The van der Waals surface area contributed by atoms with Crippen molar-refractivity contribution in [2.24, 2.45) is 5.92 Å². The molecule has 0 aliphatic heterocycles. The Balaban J connectivity index is 2.29. The molecule has 1 rings (SSSR count). The highest BCUT2D eigenvalue weighted by Crippen LogP contribution is 2.28. The Morgan fingerprint density at radius 1 is 1.47 bits per heavy atom. The zero-order valence-electron chi connectivity index (χ0n) is 11.2. The summed E-state index contributed by atoms with van der Waals surface area (Å²) < 4.78 is 5.43. The molecule has 0 bridgehead atoms. The summed E-state index contributed by atoms with van der Waals surface area (Å²) in [4.78, 5) is 25.1. The van der Waals surface area contributed by atoms with Gasteiger partial charge >= 0.3 is 12.0 Å². The summed E-state index contributed by atoms with van der Waals surface area (Å²) in [6.45, 7) is 1.21. The number of terminal acetylenes is 1. The first-order valence-corrected chi connectivity index (χ1v) is 6.27. The van der Waals surface area contributed by atoms with E-state index in [4.69, 9.17) is 16.3 Å². The number of likely N-dealkylation sites (N-methyl/N-ethyl adjacent to an activating group) is 1. The largest absolute Gasteiger partial charge is 0.480 e. The maximum atomic E-state index is 11.9. The highest BCUT2D eigenvalue weighted by atomic mass is 16.5. The lowest BCUT2D eigenvalue weighted by atomic mass is 10.4. The van der Waals surface area contributed by atoms with Gasteiger partial charge in [-0.2, -0.15) is 0 Å². The van der Waals surface area contributed by atoms with Crippen molar-refractivity contribution in [3.05, 3.63) is 0 Å². The summed E-state index contributed by atoms with van der Waals surface area (Å²) >= 11 is 0. The summed E-state index contributed by atoms with van der Waals surface area (Å²) in [5, 5.41) is 8.72. The lowest BCUT2D eigenvalue weighted by molar-refractivity contribution is -0.137. The maximum absolute atomic E-state index is 11.9. The summed E-state index contributed by atoms with van der Waals surface area (Å²) in [7, 11) is 1.61. The number of aliphatic carboxylic acids is 1. The number of ether oxygens (including phenoxy) is 1. The van der Waals surface area contributed by atoms with Crippen LogP contribution in [0.3, 0.4) is 0 Å². The number of hydrogen-bond donors (Lipinski definition) is 1. The molecule has 0 aromatic heterocycles. The van der Waals surface area contributed by atoms with Gasteiger partial charge in [-0.3, -0.25) is 4.79 Å². The van der Waals surface area contributed by atoms with Crippen LogP contribution in [0.4, 0.5) is 4.79 Å². The average Bonchev–Trinajstić information content (AvgIpc) is 3.16. The van der Waals surface area contributed by atoms with Gasteiger partial charge in [0.2, 0.25) is 0 Å². The number of rotatable bonds is 8. The molecule has 1 saturated carbocycles. The summed E-state index contributed by atoms with van der Waals surface area (Å²) in [6, 6.07) is -0.393. The molecule has 0 atom stereocenters. The first kappa shape index (κ1) is 15.3. The molecule has 106 valence electrons. The Morgan fingerprint density at radius 2 is 2.16 bits per heavy atom. The molecule has 1 aliphatic rings. The van der Waals surface area contributed by atoms with Gasteiger partial charge in [0.25, 0.3) is 0 Å². The second-order valence-corrected chi connectivity index (χ2v) is 4.68. The first-order valence-electron chi connectivity index (χ1n) is 6.27. The third kappa shape index (κ3) is 6.11. The minimum absolute atomic E-state index is 0.0155. The molecule has 0 heterocycles. The van der Waals surface area contributed by atoms with E-state index in [9.17, 15) is 9.59 Å². The van der Waals surface area contributed by atoms with Gasteiger partial charge in [-0.25, -0.2) is 4.79 Å². The second kappa shape index (κ2) is 7.64. The van der Waals surface area contributed by atoms with Crippen LogP contribution in [0, 0.1) is 18.3 Å². The number of amides is 2. The van der Waals surface area contributed by atoms with Crippen LogP contribution in [-0.2, 0) is 9.53 Å². The molecule has 0 aromatic rings. The Morgan fingerprint density at radius 3 is 2.68 bits per heavy atom. The number of carboxylic acid groups (broad SMARTS) is 1. The van der Waals surface area contributed by atoms with Crippen molar-refractivity contribution < 1.29 is 19.4 Å². The van der Waals surface area contributed by atoms with Gasteiger partial charge in [0.1, 0.15) is 6.54 Å². The molecule has 0 saturated heterocycles. The topological polar surface area (TPSA) is 70.1 Å². The van der Waals surface area contributed by atoms with E-state index in [0.29, 0.717) is 19.1 Å². The Bertz CT molecular complexity index is 360. The lowest BCUT2D eigenvalue weighted by Gasteiger charge is -2.25. The van der Waals surface area contributed by atoms with Crippen molar-refractivity contribution >= 4 is 12.0 Å². The molecular weight excluding hydrogens is 248 g/mol. The highest BCUT2D eigenvalue weighted by Gasteiger charge is 2.22. The van der Waals surface area contributed by atoms with Gasteiger partial charge in [0.15, 0.2) is 0 Å². The third-order valence-electron chi connectivity index (χ3n) is 2.83. The molecule has 0 radical (unpaired) electrons. The standard InChI is InChI=1S/C13H20N2O4/c1-3-6-15(9-12(16)17)13(18)14(2)7-8-19-10-11-4-5-11/h1,11H,4-10H2,2H3,(H,16,17). The lowest BCUT2D eigenvalue weighted by Crippen LogP contribution is -2.44. The fourth-order valence-corrected chi connectivity index (χ4v) is 1.54. The summed E-state index contributed by atoms with van der Waals surface area (Å²) in [6.07, 6.45) is 7.58. The van der Waals surface area contributed by atoms with Crippen molar-refractivity contribution in [1.82, 2.24) is 9.80 Å². The first-order chi connectivity index (χ1) is 9.04. The molecule has 1 fully saturated rings. The van der Waals surface area contributed by atoms with E-state index in [1.807, 2.05) is 0 Å². The predicted octanol–water partition coefficient (Wildman–Crippen LogP) is 0.485. The van der Waals surface area contributed by atoms with Crippen LogP contribution < -0.4 is 0 Å². The molecule has 0 unspecified atom stereocenters. The van der Waals surface area contributed by atoms with Crippen LogP contribution in [0.2, 0.25) is 0 Å². The SMILES string of the molecule is C#CCN(CC(=O)O)C(=O)N(C)CCOCC1CC1. The van der Waals surface area contributed by atoms with Gasteiger partial charge in [-0.15, -0.1) is 6.42 Å². The Hall–Kier alpha value is -1.74. The van der Waals surface area contributed by atoms with E-state index in [1.165, 1.54) is 17.7 Å². The summed E-state index contributed by atoms with van der Waals surface area (Å²) in [5.74, 6) is 1.89. The molecule has 6 heteroatoms. The quantitative estimate of drug-likeness (QED) is 0.513.